The summed E-state index contributed by atoms with van der Waals surface area (Å²) in [6.07, 6.45) is 0. The van der Waals surface area contributed by atoms with Gasteiger partial charge in [0.25, 0.3) is 0 Å². The number of hydrogen-bond acceptors (Lipinski definition) is 6. The number of aromatic amines is 2. The molecule has 0 radical (unpaired) electrons. The number of hydrogen-bond donors (Lipinski definition) is 2. The molecular formula is C20H22N4O5S. The maximum Gasteiger partial charge on any atom is 0.314 e. The lowest BCUT2D eigenvalue weighted by atomic mass is 10.3. The van der Waals surface area contributed by atoms with E-state index in [-0.39, 0.29) is 10.4 Å². The molecule has 4 rings (SSSR count). The summed E-state index contributed by atoms with van der Waals surface area (Å²) in [5, 5.41) is 0. The van der Waals surface area contributed by atoms with E-state index in [0.29, 0.717) is 44.8 Å². The third kappa shape index (κ3) is 4.30. The van der Waals surface area contributed by atoms with Gasteiger partial charge in [-0.05, 0) is 30.3 Å². The molecule has 158 valence electrons. The predicted octanol–water partition coefficient (Wildman–Crippen LogP) is 0.602. The minimum Gasteiger partial charge on any atom is -0.492 e. The molecule has 9 nitrogen and oxygen atoms in total. The molecule has 2 heterocycles. The number of para-hydroxylation sites is 1. The van der Waals surface area contributed by atoms with Crippen LogP contribution in [0.1, 0.15) is 0 Å². The van der Waals surface area contributed by atoms with E-state index in [1.54, 1.807) is 0 Å². The van der Waals surface area contributed by atoms with Gasteiger partial charge in [0.05, 0.1) is 15.9 Å². The summed E-state index contributed by atoms with van der Waals surface area (Å²) in [5.74, 6) is 0.814. The molecular weight excluding hydrogens is 408 g/mol. The molecule has 1 aliphatic heterocycles. The van der Waals surface area contributed by atoms with Crippen LogP contribution in [0.4, 0.5) is 0 Å². The zero-order valence-electron chi connectivity index (χ0n) is 16.2. The second-order valence-corrected chi connectivity index (χ2v) is 8.96. The van der Waals surface area contributed by atoms with Gasteiger partial charge in [-0.15, -0.1) is 0 Å². The molecule has 1 aliphatic rings. The third-order valence-corrected chi connectivity index (χ3v) is 6.98. The van der Waals surface area contributed by atoms with Gasteiger partial charge in [-0.25, -0.2) is 8.42 Å². The lowest BCUT2D eigenvalue weighted by Gasteiger charge is -2.33. The van der Waals surface area contributed by atoms with Crippen molar-refractivity contribution >= 4 is 21.1 Å². The fourth-order valence-corrected chi connectivity index (χ4v) is 4.86. The van der Waals surface area contributed by atoms with Crippen LogP contribution in [0, 0.1) is 0 Å². The number of fused-ring (bicyclic) bond motifs is 1. The number of benzene rings is 2. The van der Waals surface area contributed by atoms with Crippen LogP contribution in [0.5, 0.6) is 5.75 Å². The number of nitrogens with one attached hydrogen (secondary N) is 2. The molecule has 10 heteroatoms. The first-order valence-corrected chi connectivity index (χ1v) is 11.0. The third-order valence-electron chi connectivity index (χ3n) is 5.08. The van der Waals surface area contributed by atoms with Crippen molar-refractivity contribution < 1.29 is 13.2 Å². The summed E-state index contributed by atoms with van der Waals surface area (Å²) in [4.78, 5) is 30.0. The van der Waals surface area contributed by atoms with Gasteiger partial charge in [0.1, 0.15) is 12.4 Å². The van der Waals surface area contributed by atoms with E-state index in [1.807, 2.05) is 30.3 Å². The molecule has 1 aromatic heterocycles. The Kier molecular flexibility index (Phi) is 5.71. The molecule has 1 saturated heterocycles. The molecule has 30 heavy (non-hydrogen) atoms. The van der Waals surface area contributed by atoms with Crippen LogP contribution in [0.3, 0.4) is 0 Å². The zero-order valence-corrected chi connectivity index (χ0v) is 17.0. The normalized spacial score (nSPS) is 16.0. The van der Waals surface area contributed by atoms with Gasteiger partial charge in [-0.3, -0.25) is 14.5 Å². The standard InChI is InChI=1S/C20H22N4O5S/c25-19-20(26)22-18-14-16(6-7-17(18)21-19)30(27,28)24-10-8-23(9-11-24)12-13-29-15-4-2-1-3-5-15/h1-7,14H,8-13H2,(H,21,25)(H,22,26). The highest BCUT2D eigenvalue weighted by Gasteiger charge is 2.28. The van der Waals surface area contributed by atoms with Crippen molar-refractivity contribution in [3.05, 3.63) is 69.2 Å². The Morgan fingerprint density at radius 1 is 0.867 bits per heavy atom. The fraction of sp³-hybridized carbons (Fsp3) is 0.300. The molecule has 0 saturated carbocycles. The SMILES string of the molecule is O=c1[nH]c2ccc(S(=O)(=O)N3CCN(CCOc4ccccc4)CC3)cc2[nH]c1=O. The average molecular weight is 430 g/mol. The molecule has 2 aromatic carbocycles. The molecule has 0 atom stereocenters. The van der Waals surface area contributed by atoms with Crippen LogP contribution < -0.4 is 15.9 Å². The van der Waals surface area contributed by atoms with Crippen molar-refractivity contribution in [2.45, 2.75) is 4.90 Å². The summed E-state index contributed by atoms with van der Waals surface area (Å²) in [7, 11) is -3.70. The van der Waals surface area contributed by atoms with Gasteiger partial charge in [0, 0.05) is 32.7 Å². The summed E-state index contributed by atoms with van der Waals surface area (Å²) in [6, 6.07) is 13.9. The van der Waals surface area contributed by atoms with Crippen LogP contribution in [-0.4, -0.2) is 66.9 Å². The van der Waals surface area contributed by atoms with E-state index in [1.165, 1.54) is 22.5 Å². The largest absolute Gasteiger partial charge is 0.492 e. The average Bonchev–Trinajstić information content (AvgIpc) is 2.75. The lowest BCUT2D eigenvalue weighted by Crippen LogP contribution is -2.49. The first kappa shape index (κ1) is 20.3. The highest BCUT2D eigenvalue weighted by molar-refractivity contribution is 7.89. The van der Waals surface area contributed by atoms with E-state index < -0.39 is 21.1 Å². The minimum absolute atomic E-state index is 0.0820. The smallest absolute Gasteiger partial charge is 0.314 e. The first-order valence-electron chi connectivity index (χ1n) is 9.60. The number of piperazine rings is 1. The van der Waals surface area contributed by atoms with Gasteiger partial charge in [0.15, 0.2) is 0 Å². The van der Waals surface area contributed by atoms with E-state index in [2.05, 4.69) is 14.9 Å². The molecule has 0 aliphatic carbocycles. The Morgan fingerprint density at radius 3 is 2.23 bits per heavy atom. The van der Waals surface area contributed by atoms with E-state index >= 15 is 0 Å². The Bertz CT molecular complexity index is 1250. The van der Waals surface area contributed by atoms with Crippen LogP contribution in [0.25, 0.3) is 11.0 Å². The number of ether oxygens (including phenoxy) is 1. The zero-order chi connectivity index (χ0) is 21.1. The highest BCUT2D eigenvalue weighted by Crippen LogP contribution is 2.20. The minimum atomic E-state index is -3.70. The number of aromatic nitrogens is 2. The highest BCUT2D eigenvalue weighted by atomic mass is 32.2. The summed E-state index contributed by atoms with van der Waals surface area (Å²) < 4.78 is 33.2. The van der Waals surface area contributed by atoms with E-state index in [9.17, 15) is 18.0 Å². The number of nitrogens with zero attached hydrogens (tertiary/aromatic N) is 2. The first-order chi connectivity index (χ1) is 14.4. The maximum absolute atomic E-state index is 13.0. The number of sulfonamides is 1. The Hall–Kier alpha value is -2.95. The molecule has 0 bridgehead atoms. The van der Waals surface area contributed by atoms with Crippen molar-refractivity contribution in [3.63, 3.8) is 0 Å². The molecule has 3 aromatic rings. The van der Waals surface area contributed by atoms with Crippen LogP contribution in [0.2, 0.25) is 0 Å². The van der Waals surface area contributed by atoms with Gasteiger partial charge in [0.2, 0.25) is 10.0 Å². The van der Waals surface area contributed by atoms with Crippen molar-refractivity contribution in [1.29, 1.82) is 0 Å². The quantitative estimate of drug-likeness (QED) is 0.554. The monoisotopic (exact) mass is 430 g/mol. The van der Waals surface area contributed by atoms with Crippen molar-refractivity contribution in [3.8, 4) is 5.75 Å². The van der Waals surface area contributed by atoms with Crippen molar-refractivity contribution in [2.75, 3.05) is 39.3 Å². The molecule has 2 N–H and O–H groups in total. The van der Waals surface area contributed by atoms with Crippen molar-refractivity contribution in [2.24, 2.45) is 0 Å². The summed E-state index contributed by atoms with van der Waals surface area (Å²) in [6.45, 7) is 3.20. The van der Waals surface area contributed by atoms with E-state index in [4.69, 9.17) is 4.74 Å². The summed E-state index contributed by atoms with van der Waals surface area (Å²) >= 11 is 0. The Labute approximate surface area is 173 Å². The Balaban J connectivity index is 1.39. The van der Waals surface area contributed by atoms with Crippen LogP contribution in [-0.2, 0) is 10.0 Å². The maximum atomic E-state index is 13.0. The lowest BCUT2D eigenvalue weighted by molar-refractivity contribution is 0.159. The topological polar surface area (TPSA) is 116 Å². The van der Waals surface area contributed by atoms with Gasteiger partial charge in [-0.2, -0.15) is 4.31 Å². The van der Waals surface area contributed by atoms with Crippen LogP contribution in [0.15, 0.2) is 63.0 Å². The molecule has 0 spiro atoms. The fourth-order valence-electron chi connectivity index (χ4n) is 3.41. The van der Waals surface area contributed by atoms with Gasteiger partial charge in [-0.1, -0.05) is 18.2 Å². The summed E-state index contributed by atoms with van der Waals surface area (Å²) in [5.41, 5.74) is -0.937. The predicted molar refractivity (Wildman–Crippen MR) is 112 cm³/mol. The molecule has 0 unspecified atom stereocenters. The van der Waals surface area contributed by atoms with Gasteiger partial charge >= 0.3 is 11.1 Å². The second kappa shape index (κ2) is 8.42. The molecule has 1 fully saturated rings. The van der Waals surface area contributed by atoms with Gasteiger partial charge < -0.3 is 14.7 Å². The van der Waals surface area contributed by atoms with Crippen LogP contribution >= 0.6 is 0 Å². The number of rotatable bonds is 6. The second-order valence-electron chi connectivity index (χ2n) is 7.02. The van der Waals surface area contributed by atoms with Crippen molar-refractivity contribution in [1.82, 2.24) is 19.2 Å². The van der Waals surface area contributed by atoms with E-state index in [0.717, 1.165) is 5.75 Å². The molecule has 0 amide bonds. The Morgan fingerprint density at radius 2 is 1.53 bits per heavy atom. The number of H-pyrrole nitrogens is 2.